The molecule has 1 unspecified atom stereocenters. The molecule has 3 aromatic rings. The first-order chi connectivity index (χ1) is 13.5. The Labute approximate surface area is 170 Å². The third kappa shape index (κ3) is 4.44. The first kappa shape index (κ1) is 20.1. The number of ether oxygens (including phenoxy) is 1. The number of aromatic nitrogens is 3. The first-order valence-corrected chi connectivity index (χ1v) is 10.3. The zero-order valence-electron chi connectivity index (χ0n) is 16.7. The van der Waals surface area contributed by atoms with Crippen LogP contribution in [-0.2, 0) is 7.05 Å². The van der Waals surface area contributed by atoms with Crippen LogP contribution in [-0.4, -0.2) is 33.4 Å². The summed E-state index contributed by atoms with van der Waals surface area (Å²) in [6, 6.07) is 15.6. The monoisotopic (exact) mass is 395 g/mol. The van der Waals surface area contributed by atoms with Crippen molar-refractivity contribution in [3.05, 3.63) is 59.7 Å². The first-order valence-electron chi connectivity index (χ1n) is 9.33. The summed E-state index contributed by atoms with van der Waals surface area (Å²) in [4.78, 5) is 12.5. The Kier molecular flexibility index (Phi) is 6.52. The molecule has 1 atom stereocenters. The fourth-order valence-electron chi connectivity index (χ4n) is 2.88. The highest BCUT2D eigenvalue weighted by Gasteiger charge is 2.14. The average molecular weight is 396 g/mol. The van der Waals surface area contributed by atoms with Crippen molar-refractivity contribution in [2.45, 2.75) is 31.3 Å². The molecule has 2 aromatic carbocycles. The van der Waals surface area contributed by atoms with Crippen LogP contribution in [0.25, 0.3) is 11.4 Å². The number of hydrogen-bond acceptors (Lipinski definition) is 5. The highest BCUT2D eigenvalue weighted by Crippen LogP contribution is 2.25. The zero-order valence-corrected chi connectivity index (χ0v) is 17.5. The Hall–Kier alpha value is -2.60. The van der Waals surface area contributed by atoms with Gasteiger partial charge in [-0.05, 0) is 42.2 Å². The fraction of sp³-hybridized carbons (Fsp3) is 0.318. The normalized spacial score (nSPS) is 12.0. The van der Waals surface area contributed by atoms with Crippen LogP contribution < -0.4 is 4.74 Å². The summed E-state index contributed by atoms with van der Waals surface area (Å²) < 4.78 is 7.10. The topological polar surface area (TPSA) is 57.0 Å². The number of carbonyl (C=O) groups is 1. The molecule has 0 aliphatic heterocycles. The molecule has 0 aliphatic rings. The van der Waals surface area contributed by atoms with Crippen molar-refractivity contribution in [2.75, 3.05) is 12.9 Å². The number of methoxy groups -OCH3 is 1. The van der Waals surface area contributed by atoms with Gasteiger partial charge < -0.3 is 9.30 Å². The molecule has 3 rings (SSSR count). The molecule has 0 spiro atoms. The molecule has 1 aromatic heterocycles. The maximum atomic E-state index is 12.5. The van der Waals surface area contributed by atoms with Crippen LogP contribution >= 0.6 is 11.8 Å². The van der Waals surface area contributed by atoms with Gasteiger partial charge in [0.2, 0.25) is 0 Å². The summed E-state index contributed by atoms with van der Waals surface area (Å²) in [5.41, 5.74) is 2.95. The number of rotatable bonds is 8. The standard InChI is InChI=1S/C22H25N3O2S/c1-5-15(2)16-6-8-17(9-7-16)20(26)14-28-22-24-23-21(25(22)3)18-10-12-19(27-4)13-11-18/h6-13,15H,5,14H2,1-4H3. The third-order valence-corrected chi connectivity index (χ3v) is 5.95. The molecule has 0 N–H and O–H groups in total. The largest absolute Gasteiger partial charge is 0.497 e. The van der Waals surface area contributed by atoms with Crippen molar-refractivity contribution in [3.63, 3.8) is 0 Å². The lowest BCUT2D eigenvalue weighted by molar-refractivity contribution is 0.102. The zero-order chi connectivity index (χ0) is 20.1. The molecule has 5 nitrogen and oxygen atoms in total. The molecule has 0 saturated carbocycles. The number of carbonyl (C=O) groups excluding carboxylic acids is 1. The number of Topliss-reactive ketones (excluding diaryl/α,β-unsaturated/α-hetero) is 1. The van der Waals surface area contributed by atoms with Gasteiger partial charge in [0.05, 0.1) is 12.9 Å². The fourth-order valence-corrected chi connectivity index (χ4v) is 3.68. The van der Waals surface area contributed by atoms with E-state index in [2.05, 4.69) is 36.2 Å². The summed E-state index contributed by atoms with van der Waals surface area (Å²) in [5, 5.41) is 9.23. The van der Waals surface area contributed by atoms with Gasteiger partial charge in [-0.3, -0.25) is 4.79 Å². The van der Waals surface area contributed by atoms with Crippen LogP contribution in [0.15, 0.2) is 53.7 Å². The van der Waals surface area contributed by atoms with Gasteiger partial charge in [-0.2, -0.15) is 0 Å². The summed E-state index contributed by atoms with van der Waals surface area (Å²) in [7, 11) is 3.55. The number of nitrogens with zero attached hydrogens (tertiary/aromatic N) is 3. The van der Waals surface area contributed by atoms with Crippen molar-refractivity contribution < 1.29 is 9.53 Å². The van der Waals surface area contributed by atoms with E-state index < -0.39 is 0 Å². The Bertz CT molecular complexity index is 933. The van der Waals surface area contributed by atoms with E-state index in [4.69, 9.17) is 4.74 Å². The SMILES string of the molecule is CCC(C)c1ccc(C(=O)CSc2nnc(-c3ccc(OC)cc3)n2C)cc1. The predicted octanol–water partition coefficient (Wildman–Crippen LogP) is 4.98. The molecular formula is C22H25N3O2S. The van der Waals surface area contributed by atoms with Crippen LogP contribution in [0.4, 0.5) is 0 Å². The molecule has 0 bridgehead atoms. The van der Waals surface area contributed by atoms with E-state index in [-0.39, 0.29) is 5.78 Å². The van der Waals surface area contributed by atoms with E-state index in [1.807, 2.05) is 48.0 Å². The molecule has 0 aliphatic carbocycles. The molecule has 28 heavy (non-hydrogen) atoms. The summed E-state index contributed by atoms with van der Waals surface area (Å²) in [6.07, 6.45) is 1.09. The summed E-state index contributed by atoms with van der Waals surface area (Å²) >= 11 is 1.40. The maximum Gasteiger partial charge on any atom is 0.191 e. The lowest BCUT2D eigenvalue weighted by Crippen LogP contribution is -2.04. The van der Waals surface area contributed by atoms with Crippen LogP contribution in [0.3, 0.4) is 0 Å². The van der Waals surface area contributed by atoms with Crippen molar-refractivity contribution in [2.24, 2.45) is 7.05 Å². The second-order valence-corrected chi connectivity index (χ2v) is 7.68. The number of ketones is 1. The van der Waals surface area contributed by atoms with E-state index in [0.717, 1.165) is 34.3 Å². The van der Waals surface area contributed by atoms with Crippen molar-refractivity contribution in [3.8, 4) is 17.1 Å². The van der Waals surface area contributed by atoms with Gasteiger partial charge in [-0.1, -0.05) is 49.9 Å². The van der Waals surface area contributed by atoms with Crippen LogP contribution in [0.5, 0.6) is 5.75 Å². The molecule has 0 fully saturated rings. The van der Waals surface area contributed by atoms with Crippen molar-refractivity contribution in [1.82, 2.24) is 14.8 Å². The van der Waals surface area contributed by atoms with Gasteiger partial charge in [0.15, 0.2) is 16.8 Å². The molecule has 0 saturated heterocycles. The van der Waals surface area contributed by atoms with Crippen molar-refractivity contribution >= 4 is 17.5 Å². The molecular weight excluding hydrogens is 370 g/mol. The van der Waals surface area contributed by atoms with Gasteiger partial charge in [0.25, 0.3) is 0 Å². The van der Waals surface area contributed by atoms with Crippen LogP contribution in [0, 0.1) is 0 Å². The minimum absolute atomic E-state index is 0.0923. The van der Waals surface area contributed by atoms with Gasteiger partial charge in [-0.25, -0.2) is 0 Å². The quantitative estimate of drug-likeness (QED) is 0.398. The van der Waals surface area contributed by atoms with Gasteiger partial charge in [-0.15, -0.1) is 10.2 Å². The predicted molar refractivity (Wildman–Crippen MR) is 113 cm³/mol. The minimum Gasteiger partial charge on any atom is -0.497 e. The van der Waals surface area contributed by atoms with Crippen LogP contribution in [0.1, 0.15) is 42.1 Å². The second kappa shape index (κ2) is 9.06. The molecule has 146 valence electrons. The minimum atomic E-state index is 0.0923. The Morgan fingerprint density at radius 1 is 1.11 bits per heavy atom. The third-order valence-electron chi connectivity index (χ3n) is 4.93. The van der Waals surface area contributed by atoms with E-state index in [0.29, 0.717) is 11.7 Å². The Morgan fingerprint density at radius 2 is 1.79 bits per heavy atom. The maximum absolute atomic E-state index is 12.5. The van der Waals surface area contributed by atoms with Gasteiger partial charge in [0.1, 0.15) is 5.75 Å². The van der Waals surface area contributed by atoms with E-state index in [9.17, 15) is 4.79 Å². The van der Waals surface area contributed by atoms with E-state index >= 15 is 0 Å². The second-order valence-electron chi connectivity index (χ2n) is 6.74. The summed E-state index contributed by atoms with van der Waals surface area (Å²) in [5.74, 6) is 2.49. The van der Waals surface area contributed by atoms with Gasteiger partial charge in [0, 0.05) is 18.2 Å². The van der Waals surface area contributed by atoms with Crippen LogP contribution in [0.2, 0.25) is 0 Å². The number of thioether (sulfide) groups is 1. The molecule has 0 amide bonds. The smallest absolute Gasteiger partial charge is 0.191 e. The lowest BCUT2D eigenvalue weighted by Gasteiger charge is -2.09. The Morgan fingerprint density at radius 3 is 2.39 bits per heavy atom. The average Bonchev–Trinajstić information content (AvgIpc) is 3.11. The lowest BCUT2D eigenvalue weighted by atomic mass is 9.97. The molecule has 0 radical (unpaired) electrons. The highest BCUT2D eigenvalue weighted by atomic mass is 32.2. The Balaban J connectivity index is 1.66. The van der Waals surface area contributed by atoms with E-state index in [1.165, 1.54) is 17.3 Å². The summed E-state index contributed by atoms with van der Waals surface area (Å²) in [6.45, 7) is 4.36. The van der Waals surface area contributed by atoms with Crippen molar-refractivity contribution in [1.29, 1.82) is 0 Å². The van der Waals surface area contributed by atoms with Gasteiger partial charge >= 0.3 is 0 Å². The molecule has 6 heteroatoms. The number of benzene rings is 2. The number of hydrogen-bond donors (Lipinski definition) is 0. The van der Waals surface area contributed by atoms with E-state index in [1.54, 1.807) is 7.11 Å². The molecule has 1 heterocycles. The highest BCUT2D eigenvalue weighted by molar-refractivity contribution is 7.99.